The zero-order valence-electron chi connectivity index (χ0n) is 12.4. The molecular weight excluding hydrogens is 276 g/mol. The van der Waals surface area contributed by atoms with Gasteiger partial charge in [-0.3, -0.25) is 0 Å². The van der Waals surface area contributed by atoms with E-state index in [1.165, 1.54) is 25.7 Å². The van der Waals surface area contributed by atoms with Crippen LogP contribution in [-0.2, 0) is 14.2 Å². The number of rotatable bonds is 6. The molecule has 1 saturated carbocycles. The van der Waals surface area contributed by atoms with Gasteiger partial charge in [0.2, 0.25) is 0 Å². The predicted molar refractivity (Wildman–Crippen MR) is 80.7 cm³/mol. The standard InChI is InChI=1S/C16H27ClO3/c1-2-9-18-10-14-11-19-16(20-12-14)15-5-3-13(4-6-15)7-8-17/h7-8,13-16H,2-6,9-12H2,1H3/b8-7+/t13-,14-,15-,16-. The Hall–Kier alpha value is -0.0900. The molecule has 0 spiro atoms. The number of ether oxygens (including phenoxy) is 3. The normalized spacial score (nSPS) is 35.5. The Morgan fingerprint density at radius 2 is 1.85 bits per heavy atom. The fourth-order valence-corrected chi connectivity index (χ4v) is 3.24. The smallest absolute Gasteiger partial charge is 0.160 e. The lowest BCUT2D eigenvalue weighted by Crippen LogP contribution is -2.39. The third-order valence-electron chi connectivity index (χ3n) is 4.24. The van der Waals surface area contributed by atoms with Gasteiger partial charge in [-0.2, -0.15) is 0 Å². The van der Waals surface area contributed by atoms with Crippen molar-refractivity contribution >= 4 is 11.6 Å². The third kappa shape index (κ3) is 5.03. The van der Waals surface area contributed by atoms with Gasteiger partial charge in [-0.05, 0) is 38.0 Å². The van der Waals surface area contributed by atoms with Crippen LogP contribution in [0.5, 0.6) is 0 Å². The first kappa shape index (κ1) is 16.3. The third-order valence-corrected chi connectivity index (χ3v) is 4.39. The van der Waals surface area contributed by atoms with Crippen LogP contribution in [0, 0.1) is 17.8 Å². The first-order valence-electron chi connectivity index (χ1n) is 7.91. The summed E-state index contributed by atoms with van der Waals surface area (Å²) in [5, 5.41) is 0. The summed E-state index contributed by atoms with van der Waals surface area (Å²) in [5.41, 5.74) is 1.65. The van der Waals surface area contributed by atoms with Crippen LogP contribution >= 0.6 is 11.6 Å². The fraction of sp³-hybridized carbons (Fsp3) is 0.875. The van der Waals surface area contributed by atoms with Gasteiger partial charge in [0.15, 0.2) is 6.29 Å². The molecule has 0 aromatic rings. The van der Waals surface area contributed by atoms with Crippen LogP contribution in [0.3, 0.4) is 0 Å². The molecule has 3 nitrogen and oxygen atoms in total. The molecule has 1 saturated heterocycles. The molecule has 0 N–H and O–H groups in total. The first-order chi connectivity index (χ1) is 9.83. The van der Waals surface area contributed by atoms with E-state index in [9.17, 15) is 0 Å². The Morgan fingerprint density at radius 1 is 1.15 bits per heavy atom. The molecule has 20 heavy (non-hydrogen) atoms. The number of hydrogen-bond donors (Lipinski definition) is 0. The van der Waals surface area contributed by atoms with Gasteiger partial charge in [-0.1, -0.05) is 24.6 Å². The molecule has 116 valence electrons. The van der Waals surface area contributed by atoms with E-state index in [4.69, 9.17) is 25.8 Å². The average molecular weight is 303 g/mol. The Labute approximate surface area is 127 Å². The van der Waals surface area contributed by atoms with Crippen LogP contribution < -0.4 is 0 Å². The molecule has 0 atom stereocenters. The fourth-order valence-electron chi connectivity index (χ4n) is 3.03. The minimum atomic E-state index is -0.00152. The molecule has 2 fully saturated rings. The molecule has 0 aromatic heterocycles. The highest BCUT2D eigenvalue weighted by Gasteiger charge is 2.31. The maximum absolute atomic E-state index is 5.91. The monoisotopic (exact) mass is 302 g/mol. The highest BCUT2D eigenvalue weighted by atomic mass is 35.5. The Balaban J connectivity index is 1.64. The molecular formula is C16H27ClO3. The van der Waals surface area contributed by atoms with E-state index in [2.05, 4.69) is 13.0 Å². The molecule has 0 bridgehead atoms. The maximum atomic E-state index is 5.91. The van der Waals surface area contributed by atoms with Gasteiger partial charge in [0.1, 0.15) is 0 Å². The molecule has 2 rings (SSSR count). The summed E-state index contributed by atoms with van der Waals surface area (Å²) in [5.74, 6) is 1.59. The predicted octanol–water partition coefficient (Wildman–Crippen LogP) is 3.96. The van der Waals surface area contributed by atoms with Crippen molar-refractivity contribution in [1.82, 2.24) is 0 Å². The van der Waals surface area contributed by atoms with Crippen molar-refractivity contribution in [1.29, 1.82) is 0 Å². The van der Waals surface area contributed by atoms with Gasteiger partial charge < -0.3 is 14.2 Å². The van der Waals surface area contributed by atoms with E-state index in [1.54, 1.807) is 5.54 Å². The van der Waals surface area contributed by atoms with Crippen LogP contribution in [0.25, 0.3) is 0 Å². The van der Waals surface area contributed by atoms with E-state index in [1.807, 2.05) is 0 Å². The van der Waals surface area contributed by atoms with Crippen molar-refractivity contribution in [2.24, 2.45) is 17.8 Å². The second-order valence-corrected chi connectivity index (χ2v) is 6.22. The molecule has 1 heterocycles. The van der Waals surface area contributed by atoms with Crippen LogP contribution in [0.4, 0.5) is 0 Å². The molecule has 0 radical (unpaired) electrons. The highest BCUT2D eigenvalue weighted by Crippen LogP contribution is 2.34. The van der Waals surface area contributed by atoms with Gasteiger partial charge in [-0.15, -0.1) is 0 Å². The van der Waals surface area contributed by atoms with Crippen molar-refractivity contribution in [2.75, 3.05) is 26.4 Å². The van der Waals surface area contributed by atoms with Crippen molar-refractivity contribution < 1.29 is 14.2 Å². The molecule has 0 aromatic carbocycles. The largest absolute Gasteiger partial charge is 0.381 e. The second-order valence-electron chi connectivity index (χ2n) is 5.97. The minimum Gasteiger partial charge on any atom is -0.381 e. The average Bonchev–Trinajstić information content (AvgIpc) is 2.49. The SMILES string of the molecule is CCCOC[C@H]1CO[C@H]([C@H]2CC[C@H](/C=C/Cl)CC2)OC1. The minimum absolute atomic E-state index is 0.00152. The van der Waals surface area contributed by atoms with Crippen LogP contribution in [0.1, 0.15) is 39.0 Å². The quantitative estimate of drug-likeness (QED) is 0.695. The molecule has 2 aliphatic rings. The topological polar surface area (TPSA) is 27.7 Å². The number of halogens is 1. The van der Waals surface area contributed by atoms with Crippen LogP contribution in [0.2, 0.25) is 0 Å². The molecule has 1 aliphatic carbocycles. The summed E-state index contributed by atoms with van der Waals surface area (Å²) >= 11 is 5.65. The lowest BCUT2D eigenvalue weighted by atomic mass is 9.81. The zero-order chi connectivity index (χ0) is 14.2. The van der Waals surface area contributed by atoms with E-state index < -0.39 is 0 Å². The Bertz CT molecular complexity index is 279. The van der Waals surface area contributed by atoms with Crippen LogP contribution in [0.15, 0.2) is 11.6 Å². The second kappa shape index (κ2) is 9.04. The van der Waals surface area contributed by atoms with Gasteiger partial charge in [0.05, 0.1) is 19.8 Å². The van der Waals surface area contributed by atoms with E-state index >= 15 is 0 Å². The van der Waals surface area contributed by atoms with Crippen molar-refractivity contribution in [2.45, 2.75) is 45.3 Å². The van der Waals surface area contributed by atoms with Crippen molar-refractivity contribution in [3.8, 4) is 0 Å². The van der Waals surface area contributed by atoms with E-state index in [0.717, 1.165) is 32.8 Å². The molecule has 4 heteroatoms. The highest BCUT2D eigenvalue weighted by molar-refractivity contribution is 6.25. The molecule has 1 aliphatic heterocycles. The Morgan fingerprint density at radius 3 is 2.45 bits per heavy atom. The van der Waals surface area contributed by atoms with Gasteiger partial charge >= 0.3 is 0 Å². The van der Waals surface area contributed by atoms with E-state index in [-0.39, 0.29) is 6.29 Å². The Kier molecular flexibility index (Phi) is 7.36. The maximum Gasteiger partial charge on any atom is 0.160 e. The zero-order valence-corrected chi connectivity index (χ0v) is 13.2. The van der Waals surface area contributed by atoms with Gasteiger partial charge in [-0.25, -0.2) is 0 Å². The summed E-state index contributed by atoms with van der Waals surface area (Å²) < 4.78 is 17.4. The summed E-state index contributed by atoms with van der Waals surface area (Å²) in [6.07, 6.45) is 7.92. The van der Waals surface area contributed by atoms with Gasteiger partial charge in [0.25, 0.3) is 0 Å². The van der Waals surface area contributed by atoms with Crippen LogP contribution in [-0.4, -0.2) is 32.7 Å². The molecule has 0 amide bonds. The van der Waals surface area contributed by atoms with Crippen molar-refractivity contribution in [3.63, 3.8) is 0 Å². The summed E-state index contributed by atoms with van der Waals surface area (Å²) in [6, 6.07) is 0. The molecule has 0 unspecified atom stereocenters. The van der Waals surface area contributed by atoms with Crippen molar-refractivity contribution in [3.05, 3.63) is 11.6 Å². The first-order valence-corrected chi connectivity index (χ1v) is 8.35. The lowest BCUT2D eigenvalue weighted by Gasteiger charge is -2.37. The summed E-state index contributed by atoms with van der Waals surface area (Å²) in [7, 11) is 0. The summed E-state index contributed by atoms with van der Waals surface area (Å²) in [4.78, 5) is 0. The number of allylic oxidation sites excluding steroid dienone is 1. The van der Waals surface area contributed by atoms with Gasteiger partial charge in [0, 0.05) is 24.0 Å². The lowest BCUT2D eigenvalue weighted by molar-refractivity contribution is -0.234. The summed E-state index contributed by atoms with van der Waals surface area (Å²) in [6.45, 7) is 5.26. The number of hydrogen-bond acceptors (Lipinski definition) is 3. The van der Waals surface area contributed by atoms with E-state index in [0.29, 0.717) is 17.8 Å².